The van der Waals surface area contributed by atoms with Crippen LogP contribution in [-0.4, -0.2) is 43.8 Å². The molecule has 0 aromatic heterocycles. The summed E-state index contributed by atoms with van der Waals surface area (Å²) < 4.78 is 26.5. The zero-order valence-corrected chi connectivity index (χ0v) is 17.6. The molecular formula is C19H33N3O3S. The average Bonchev–Trinajstić information content (AvgIpc) is 2.62. The van der Waals surface area contributed by atoms with Crippen LogP contribution in [0.2, 0.25) is 0 Å². The summed E-state index contributed by atoms with van der Waals surface area (Å²) in [7, 11) is -3.45. The lowest BCUT2D eigenvalue weighted by Crippen LogP contribution is -2.46. The summed E-state index contributed by atoms with van der Waals surface area (Å²) in [5.74, 6) is -0.0352. The van der Waals surface area contributed by atoms with Crippen molar-refractivity contribution < 1.29 is 13.2 Å². The normalized spacial score (nSPS) is 15.5. The molecule has 0 aliphatic carbocycles. The van der Waals surface area contributed by atoms with Crippen LogP contribution < -0.4 is 10.6 Å². The molecule has 3 atom stereocenters. The molecule has 3 unspecified atom stereocenters. The van der Waals surface area contributed by atoms with Gasteiger partial charge in [-0.15, -0.1) is 0 Å². The van der Waals surface area contributed by atoms with Gasteiger partial charge >= 0.3 is 0 Å². The quantitative estimate of drug-likeness (QED) is 0.651. The second kappa shape index (κ2) is 10.0. The molecule has 0 radical (unpaired) electrons. The van der Waals surface area contributed by atoms with Gasteiger partial charge in [-0.3, -0.25) is 10.1 Å². The molecule has 148 valence electrons. The number of nitrogens with one attached hydrogen (secondary N) is 2. The lowest BCUT2D eigenvalue weighted by molar-refractivity contribution is -0.123. The molecule has 0 spiro atoms. The Hall–Kier alpha value is -1.44. The maximum absolute atomic E-state index is 12.5. The molecule has 0 saturated heterocycles. The lowest BCUT2D eigenvalue weighted by atomic mass is 10.1. The van der Waals surface area contributed by atoms with Crippen molar-refractivity contribution in [3.05, 3.63) is 29.8 Å². The van der Waals surface area contributed by atoms with Gasteiger partial charge in [0.15, 0.2) is 0 Å². The van der Waals surface area contributed by atoms with Gasteiger partial charge in [0.2, 0.25) is 15.9 Å². The predicted octanol–water partition coefficient (Wildman–Crippen LogP) is 2.67. The van der Waals surface area contributed by atoms with Crippen LogP contribution in [0.4, 0.5) is 0 Å². The molecule has 0 heterocycles. The standard InChI is InChI=1S/C19H33N3O3S/c1-7-14(4)20-19(23)16(6)21-15(5)17-10-12-18(13-11-17)26(24,25)22(8-2)9-3/h10-16,21H,7-9H2,1-6H3,(H,20,23). The van der Waals surface area contributed by atoms with E-state index >= 15 is 0 Å². The number of hydrogen-bond donors (Lipinski definition) is 2. The number of hydrogen-bond acceptors (Lipinski definition) is 4. The van der Waals surface area contributed by atoms with Gasteiger partial charge in [-0.25, -0.2) is 8.42 Å². The largest absolute Gasteiger partial charge is 0.352 e. The van der Waals surface area contributed by atoms with Gasteiger partial charge in [-0.2, -0.15) is 4.31 Å². The molecular weight excluding hydrogens is 350 g/mol. The Morgan fingerprint density at radius 3 is 2.04 bits per heavy atom. The van der Waals surface area contributed by atoms with Gasteiger partial charge in [-0.05, 0) is 44.9 Å². The Bertz CT molecular complexity index is 670. The first-order chi connectivity index (χ1) is 12.2. The molecule has 1 rings (SSSR count). The molecule has 7 heteroatoms. The number of carbonyl (C=O) groups excluding carboxylic acids is 1. The van der Waals surface area contributed by atoms with E-state index in [4.69, 9.17) is 0 Å². The van der Waals surface area contributed by atoms with E-state index in [-0.39, 0.29) is 24.0 Å². The number of benzene rings is 1. The minimum atomic E-state index is -3.45. The van der Waals surface area contributed by atoms with E-state index in [1.807, 2.05) is 41.5 Å². The van der Waals surface area contributed by atoms with Crippen LogP contribution in [0.1, 0.15) is 59.6 Å². The number of amides is 1. The predicted molar refractivity (Wildman–Crippen MR) is 105 cm³/mol. The summed E-state index contributed by atoms with van der Waals surface area (Å²) in [4.78, 5) is 12.4. The topological polar surface area (TPSA) is 78.5 Å². The van der Waals surface area contributed by atoms with Crippen molar-refractivity contribution in [1.29, 1.82) is 0 Å². The van der Waals surface area contributed by atoms with Gasteiger partial charge in [0.1, 0.15) is 0 Å². The summed E-state index contributed by atoms with van der Waals surface area (Å²) in [6.45, 7) is 12.3. The van der Waals surface area contributed by atoms with Crippen LogP contribution >= 0.6 is 0 Å². The molecule has 1 aromatic rings. The van der Waals surface area contributed by atoms with Crippen LogP contribution in [0.15, 0.2) is 29.2 Å². The van der Waals surface area contributed by atoms with E-state index in [2.05, 4.69) is 10.6 Å². The van der Waals surface area contributed by atoms with E-state index in [0.29, 0.717) is 18.0 Å². The number of sulfonamides is 1. The third-order valence-electron chi connectivity index (χ3n) is 4.62. The Morgan fingerprint density at radius 1 is 1.04 bits per heavy atom. The van der Waals surface area contributed by atoms with Crippen molar-refractivity contribution in [2.24, 2.45) is 0 Å². The van der Waals surface area contributed by atoms with Gasteiger partial charge in [-0.1, -0.05) is 32.9 Å². The van der Waals surface area contributed by atoms with Gasteiger partial charge in [0.05, 0.1) is 10.9 Å². The number of nitrogens with zero attached hydrogens (tertiary/aromatic N) is 1. The molecule has 0 bridgehead atoms. The third-order valence-corrected chi connectivity index (χ3v) is 6.68. The summed E-state index contributed by atoms with van der Waals surface area (Å²) in [5.41, 5.74) is 0.937. The fourth-order valence-electron chi connectivity index (χ4n) is 2.66. The van der Waals surface area contributed by atoms with Gasteiger partial charge < -0.3 is 5.32 Å². The molecule has 0 saturated carbocycles. The van der Waals surface area contributed by atoms with Crippen LogP contribution in [0.3, 0.4) is 0 Å². The Labute approximate surface area is 158 Å². The van der Waals surface area contributed by atoms with Crippen molar-refractivity contribution in [3.63, 3.8) is 0 Å². The fourth-order valence-corrected chi connectivity index (χ4v) is 4.12. The van der Waals surface area contributed by atoms with Crippen molar-refractivity contribution >= 4 is 15.9 Å². The lowest BCUT2D eigenvalue weighted by Gasteiger charge is -2.22. The SMILES string of the molecule is CCC(C)NC(=O)C(C)NC(C)c1ccc(S(=O)(=O)N(CC)CC)cc1. The molecule has 2 N–H and O–H groups in total. The first-order valence-corrected chi connectivity index (χ1v) is 10.8. The smallest absolute Gasteiger partial charge is 0.243 e. The molecule has 1 aromatic carbocycles. The highest BCUT2D eigenvalue weighted by atomic mass is 32.2. The number of rotatable bonds is 10. The first-order valence-electron chi connectivity index (χ1n) is 9.33. The van der Waals surface area contributed by atoms with E-state index in [9.17, 15) is 13.2 Å². The molecule has 0 fully saturated rings. The summed E-state index contributed by atoms with van der Waals surface area (Å²) in [6, 6.07) is 6.60. The molecule has 0 aliphatic heterocycles. The van der Waals surface area contributed by atoms with E-state index in [0.717, 1.165) is 12.0 Å². The first kappa shape index (κ1) is 22.6. The Morgan fingerprint density at radius 2 is 1.58 bits per heavy atom. The summed E-state index contributed by atoms with van der Waals surface area (Å²) in [5, 5.41) is 6.21. The molecule has 26 heavy (non-hydrogen) atoms. The van der Waals surface area contributed by atoms with Crippen LogP contribution in [-0.2, 0) is 14.8 Å². The zero-order chi connectivity index (χ0) is 19.9. The molecule has 6 nitrogen and oxygen atoms in total. The van der Waals surface area contributed by atoms with Crippen molar-refractivity contribution in [1.82, 2.24) is 14.9 Å². The minimum absolute atomic E-state index is 0.0352. The maximum atomic E-state index is 12.5. The Kier molecular flexibility index (Phi) is 8.73. The van der Waals surface area contributed by atoms with Gasteiger partial charge in [0.25, 0.3) is 0 Å². The molecule has 0 aliphatic rings. The minimum Gasteiger partial charge on any atom is -0.352 e. The van der Waals surface area contributed by atoms with E-state index < -0.39 is 10.0 Å². The second-order valence-electron chi connectivity index (χ2n) is 6.59. The highest BCUT2D eigenvalue weighted by Gasteiger charge is 2.22. The number of carbonyl (C=O) groups is 1. The van der Waals surface area contributed by atoms with Crippen molar-refractivity contribution in [2.75, 3.05) is 13.1 Å². The third kappa shape index (κ3) is 5.79. The van der Waals surface area contributed by atoms with Crippen LogP contribution in [0.5, 0.6) is 0 Å². The van der Waals surface area contributed by atoms with Crippen LogP contribution in [0.25, 0.3) is 0 Å². The van der Waals surface area contributed by atoms with Gasteiger partial charge in [0, 0.05) is 25.2 Å². The average molecular weight is 384 g/mol. The van der Waals surface area contributed by atoms with Crippen LogP contribution in [0, 0.1) is 0 Å². The highest BCUT2D eigenvalue weighted by Crippen LogP contribution is 2.19. The van der Waals surface area contributed by atoms with E-state index in [1.54, 1.807) is 24.3 Å². The maximum Gasteiger partial charge on any atom is 0.243 e. The highest BCUT2D eigenvalue weighted by molar-refractivity contribution is 7.89. The molecule has 1 amide bonds. The zero-order valence-electron chi connectivity index (χ0n) is 16.7. The second-order valence-corrected chi connectivity index (χ2v) is 8.52. The van der Waals surface area contributed by atoms with E-state index in [1.165, 1.54) is 4.31 Å². The Balaban J connectivity index is 2.81. The summed E-state index contributed by atoms with van der Waals surface area (Å²) in [6.07, 6.45) is 0.885. The monoisotopic (exact) mass is 383 g/mol. The van der Waals surface area contributed by atoms with Crippen molar-refractivity contribution in [3.8, 4) is 0 Å². The van der Waals surface area contributed by atoms with Crippen molar-refractivity contribution in [2.45, 2.75) is 71.0 Å². The fraction of sp³-hybridized carbons (Fsp3) is 0.632. The summed E-state index contributed by atoms with van der Waals surface area (Å²) >= 11 is 0.